The maximum Gasteiger partial charge on any atom is 0.433 e. The molecule has 0 amide bonds. The van der Waals surface area contributed by atoms with Gasteiger partial charge in [0, 0.05) is 16.1 Å². The van der Waals surface area contributed by atoms with Gasteiger partial charge in [0.25, 0.3) is 0 Å². The molecule has 0 aliphatic rings. The van der Waals surface area contributed by atoms with E-state index >= 15 is 0 Å². The molecule has 0 saturated heterocycles. The monoisotopic (exact) mass is 366 g/mol. The van der Waals surface area contributed by atoms with Crippen LogP contribution in [0.1, 0.15) is 11.3 Å². The van der Waals surface area contributed by atoms with E-state index in [0.29, 0.717) is 21.9 Å². The largest absolute Gasteiger partial charge is 0.496 e. The van der Waals surface area contributed by atoms with Gasteiger partial charge in [0.15, 0.2) is 0 Å². The van der Waals surface area contributed by atoms with Crippen LogP contribution < -0.4 is 4.74 Å². The predicted molar refractivity (Wildman–Crippen MR) is 89.8 cm³/mol. The van der Waals surface area contributed by atoms with Crippen LogP contribution in [0.15, 0.2) is 54.7 Å². The van der Waals surface area contributed by atoms with Crippen LogP contribution in [-0.4, -0.2) is 16.7 Å². The van der Waals surface area contributed by atoms with E-state index in [2.05, 4.69) is 4.98 Å². The zero-order valence-electron chi connectivity index (χ0n) is 13.2. The van der Waals surface area contributed by atoms with E-state index in [0.717, 1.165) is 10.8 Å². The average Bonchev–Trinajstić information content (AvgIpc) is 3.00. The van der Waals surface area contributed by atoms with E-state index < -0.39 is 11.9 Å². The number of aromatic nitrogens is 2. The van der Waals surface area contributed by atoms with Crippen molar-refractivity contribution in [3.63, 3.8) is 0 Å². The molecule has 3 rings (SSSR count). The molecule has 1 aromatic heterocycles. The lowest BCUT2D eigenvalue weighted by molar-refractivity contribution is -0.143. The summed E-state index contributed by atoms with van der Waals surface area (Å²) in [7, 11) is 1.48. The number of methoxy groups -OCH3 is 1. The Morgan fingerprint density at radius 3 is 2.40 bits per heavy atom. The molecule has 0 saturated carbocycles. The highest BCUT2D eigenvalue weighted by molar-refractivity contribution is 6.30. The molecule has 25 heavy (non-hydrogen) atoms. The first-order valence-corrected chi connectivity index (χ1v) is 7.78. The summed E-state index contributed by atoms with van der Waals surface area (Å²) in [5.41, 5.74) is 0.363. The van der Waals surface area contributed by atoms with Crippen molar-refractivity contribution in [3.8, 4) is 17.1 Å². The third-order valence-electron chi connectivity index (χ3n) is 3.77. The first-order chi connectivity index (χ1) is 11.9. The first kappa shape index (κ1) is 17.4. The molecule has 0 fully saturated rings. The Kier molecular flexibility index (Phi) is 4.72. The molecule has 0 aliphatic carbocycles. The van der Waals surface area contributed by atoms with Crippen LogP contribution in [0, 0.1) is 0 Å². The average molecular weight is 367 g/mol. The number of alkyl halides is 3. The number of imidazole rings is 1. The van der Waals surface area contributed by atoms with Crippen molar-refractivity contribution in [1.82, 2.24) is 9.55 Å². The van der Waals surface area contributed by atoms with Crippen molar-refractivity contribution in [3.05, 3.63) is 71.0 Å². The smallest absolute Gasteiger partial charge is 0.433 e. The molecule has 7 heteroatoms. The van der Waals surface area contributed by atoms with Gasteiger partial charge in [0.05, 0.1) is 19.9 Å². The van der Waals surface area contributed by atoms with Gasteiger partial charge in [-0.2, -0.15) is 13.2 Å². The van der Waals surface area contributed by atoms with Crippen LogP contribution in [-0.2, 0) is 12.7 Å². The highest BCUT2D eigenvalue weighted by atomic mass is 35.5. The molecule has 0 aliphatic heterocycles. The molecule has 0 atom stereocenters. The summed E-state index contributed by atoms with van der Waals surface area (Å²) in [6, 6.07) is 13.5. The number of rotatable bonds is 4. The predicted octanol–water partition coefficient (Wildman–Crippen LogP) is 5.28. The van der Waals surface area contributed by atoms with Gasteiger partial charge in [0.2, 0.25) is 0 Å². The lowest BCUT2D eigenvalue weighted by atomic mass is 10.1. The van der Waals surface area contributed by atoms with Crippen LogP contribution in [0.5, 0.6) is 5.75 Å². The standard InChI is InChI=1S/C18H14ClF3N2O/c1-25-15-5-3-2-4-13(15)11-24-16(18(20,21)22)10-23-17(24)12-6-8-14(19)9-7-12/h2-10H,11H2,1H3. The maximum atomic E-state index is 13.4. The normalized spacial score (nSPS) is 11.6. The van der Waals surface area contributed by atoms with E-state index in [1.54, 1.807) is 48.5 Å². The van der Waals surface area contributed by atoms with E-state index in [1.165, 1.54) is 7.11 Å². The molecule has 2 aromatic carbocycles. The van der Waals surface area contributed by atoms with E-state index in [1.807, 2.05) is 0 Å². The summed E-state index contributed by atoms with van der Waals surface area (Å²) >= 11 is 5.86. The summed E-state index contributed by atoms with van der Waals surface area (Å²) in [6.07, 6.45) is -3.67. The number of ether oxygens (including phenoxy) is 1. The fraction of sp³-hybridized carbons (Fsp3) is 0.167. The van der Waals surface area contributed by atoms with Gasteiger partial charge < -0.3 is 9.30 Å². The molecule has 0 bridgehead atoms. The Bertz CT molecular complexity index is 873. The summed E-state index contributed by atoms with van der Waals surface area (Å²) in [4.78, 5) is 3.99. The molecule has 0 spiro atoms. The van der Waals surface area contributed by atoms with Gasteiger partial charge in [0.1, 0.15) is 17.3 Å². The van der Waals surface area contributed by atoms with Gasteiger partial charge in [-0.3, -0.25) is 0 Å². The Hall–Kier alpha value is -2.47. The van der Waals surface area contributed by atoms with Crippen LogP contribution in [0.25, 0.3) is 11.4 Å². The summed E-state index contributed by atoms with van der Waals surface area (Å²) < 4.78 is 46.6. The number of hydrogen-bond donors (Lipinski definition) is 0. The van der Waals surface area contributed by atoms with Crippen LogP contribution in [0.3, 0.4) is 0 Å². The second kappa shape index (κ2) is 6.80. The van der Waals surface area contributed by atoms with Crippen molar-refractivity contribution in [1.29, 1.82) is 0 Å². The molecule has 1 heterocycles. The highest BCUT2D eigenvalue weighted by Crippen LogP contribution is 2.34. The summed E-state index contributed by atoms with van der Waals surface area (Å²) in [6.45, 7) is -0.0170. The third-order valence-corrected chi connectivity index (χ3v) is 4.02. The Morgan fingerprint density at radius 2 is 1.76 bits per heavy atom. The van der Waals surface area contributed by atoms with Crippen molar-refractivity contribution in [2.45, 2.75) is 12.7 Å². The molecule has 0 unspecified atom stereocenters. The van der Waals surface area contributed by atoms with Crippen molar-refractivity contribution >= 4 is 11.6 Å². The van der Waals surface area contributed by atoms with Crippen LogP contribution >= 0.6 is 11.6 Å². The van der Waals surface area contributed by atoms with Crippen molar-refractivity contribution < 1.29 is 17.9 Å². The lowest BCUT2D eigenvalue weighted by Gasteiger charge is -2.16. The number of halogens is 4. The summed E-state index contributed by atoms with van der Waals surface area (Å²) in [5, 5.41) is 0.502. The first-order valence-electron chi connectivity index (χ1n) is 7.40. The molecule has 0 radical (unpaired) electrons. The van der Waals surface area contributed by atoms with E-state index in [9.17, 15) is 13.2 Å². The fourth-order valence-corrected chi connectivity index (χ4v) is 2.72. The quantitative estimate of drug-likeness (QED) is 0.628. The van der Waals surface area contributed by atoms with E-state index in [-0.39, 0.29) is 12.4 Å². The molecule has 0 N–H and O–H groups in total. The second-order valence-electron chi connectivity index (χ2n) is 5.37. The minimum atomic E-state index is -4.51. The minimum Gasteiger partial charge on any atom is -0.496 e. The molecular formula is C18H14ClF3N2O. The summed E-state index contributed by atoms with van der Waals surface area (Å²) in [5.74, 6) is 0.737. The molecule has 130 valence electrons. The molecule has 3 aromatic rings. The van der Waals surface area contributed by atoms with Crippen molar-refractivity contribution in [2.24, 2.45) is 0 Å². The zero-order chi connectivity index (χ0) is 18.0. The maximum absolute atomic E-state index is 13.4. The number of benzene rings is 2. The SMILES string of the molecule is COc1ccccc1Cn1c(C(F)(F)F)cnc1-c1ccc(Cl)cc1. The molecule has 3 nitrogen and oxygen atoms in total. The van der Waals surface area contributed by atoms with Crippen LogP contribution in [0.4, 0.5) is 13.2 Å². The number of nitrogens with zero attached hydrogens (tertiary/aromatic N) is 2. The van der Waals surface area contributed by atoms with E-state index in [4.69, 9.17) is 16.3 Å². The van der Waals surface area contributed by atoms with Gasteiger partial charge in [-0.15, -0.1) is 0 Å². The third kappa shape index (κ3) is 3.64. The van der Waals surface area contributed by atoms with Crippen molar-refractivity contribution in [2.75, 3.05) is 7.11 Å². The van der Waals surface area contributed by atoms with Gasteiger partial charge in [-0.1, -0.05) is 29.8 Å². The second-order valence-corrected chi connectivity index (χ2v) is 5.81. The van der Waals surface area contributed by atoms with Gasteiger partial charge >= 0.3 is 6.18 Å². The van der Waals surface area contributed by atoms with Crippen LogP contribution in [0.2, 0.25) is 5.02 Å². The number of para-hydroxylation sites is 1. The Morgan fingerprint density at radius 1 is 1.08 bits per heavy atom. The van der Waals surface area contributed by atoms with Gasteiger partial charge in [-0.05, 0) is 30.3 Å². The Labute approximate surface area is 147 Å². The molecular weight excluding hydrogens is 353 g/mol. The lowest BCUT2D eigenvalue weighted by Crippen LogP contribution is -2.15. The number of hydrogen-bond acceptors (Lipinski definition) is 2. The zero-order valence-corrected chi connectivity index (χ0v) is 14.0. The Balaban J connectivity index is 2.12. The van der Waals surface area contributed by atoms with Gasteiger partial charge in [-0.25, -0.2) is 4.98 Å². The minimum absolute atomic E-state index is 0.0170. The highest BCUT2D eigenvalue weighted by Gasteiger charge is 2.36. The topological polar surface area (TPSA) is 27.1 Å². The fourth-order valence-electron chi connectivity index (χ4n) is 2.60.